The Kier molecular flexibility index (Phi) is 7.92. The number of hydrogen-bond donors (Lipinski definition) is 3. The molecule has 0 spiro atoms. The number of benzene rings is 2. The van der Waals surface area contributed by atoms with Crippen LogP contribution >= 0.6 is 11.3 Å². The van der Waals surface area contributed by atoms with Crippen molar-refractivity contribution in [3.8, 4) is 23.1 Å². The molecule has 3 aromatic rings. The van der Waals surface area contributed by atoms with Gasteiger partial charge in [0.25, 0.3) is 0 Å². The first-order valence-electron chi connectivity index (χ1n) is 12.3. The van der Waals surface area contributed by atoms with E-state index in [1.807, 2.05) is 0 Å². The van der Waals surface area contributed by atoms with Crippen molar-refractivity contribution in [1.29, 1.82) is 0 Å². The Labute approximate surface area is 233 Å². The number of carboxylic acid groups (broad SMARTS) is 2. The van der Waals surface area contributed by atoms with Gasteiger partial charge < -0.3 is 29.5 Å². The molecule has 1 atom stereocenters. The Balaban J connectivity index is 1.46. The van der Waals surface area contributed by atoms with Gasteiger partial charge in [0.1, 0.15) is 36.0 Å². The average Bonchev–Trinajstić information content (AvgIpc) is 3.13. The molecule has 1 aliphatic rings. The number of hydrogen-bond acceptors (Lipinski definition) is 9. The second-order valence-corrected chi connectivity index (χ2v) is 11.0. The zero-order valence-corrected chi connectivity index (χ0v) is 23.2. The molecule has 0 fully saturated rings. The van der Waals surface area contributed by atoms with Gasteiger partial charge in [0.05, 0.1) is 16.9 Å². The normalized spacial score (nSPS) is 16.2. The number of aliphatic carboxylic acids is 2. The highest BCUT2D eigenvalue weighted by atomic mass is 32.1. The summed E-state index contributed by atoms with van der Waals surface area (Å²) in [7, 11) is 0. The first kappa shape index (κ1) is 28.7. The summed E-state index contributed by atoms with van der Waals surface area (Å²) < 4.78 is 18.6. The van der Waals surface area contributed by atoms with Crippen molar-refractivity contribution in [3.05, 3.63) is 66.6 Å². The molecular formula is C28H29NO10S. The number of ether oxygens (including phenoxy) is 3. The highest BCUT2D eigenvalue weighted by Crippen LogP contribution is 2.44. The van der Waals surface area contributed by atoms with Crippen LogP contribution in [0.5, 0.6) is 23.1 Å². The Morgan fingerprint density at radius 2 is 1.70 bits per heavy atom. The number of nitrogens with zero attached hydrogens (tertiary/aromatic N) is 1. The molecular weight excluding hydrogens is 542 g/mol. The zero-order valence-electron chi connectivity index (χ0n) is 22.4. The number of thiazole rings is 1. The summed E-state index contributed by atoms with van der Waals surface area (Å²) in [6.45, 7) is 6.03. The molecule has 1 aromatic heterocycles. The number of fused-ring (bicyclic) bond motifs is 1. The van der Waals surface area contributed by atoms with Crippen molar-refractivity contribution < 1.29 is 43.9 Å². The molecule has 12 heteroatoms. The Morgan fingerprint density at radius 3 is 2.33 bits per heavy atom. The fraction of sp³-hybridized carbons (Fsp3) is 0.357. The summed E-state index contributed by atoms with van der Waals surface area (Å²) in [6.07, 6.45) is 0.284. The van der Waals surface area contributed by atoms with Crippen molar-refractivity contribution in [2.24, 2.45) is 0 Å². The smallest absolute Gasteiger partial charge is 0.341 e. The van der Waals surface area contributed by atoms with Crippen molar-refractivity contribution in [1.82, 2.24) is 4.57 Å². The molecule has 40 heavy (non-hydrogen) atoms. The number of carbonyl (C=O) groups is 3. The van der Waals surface area contributed by atoms with E-state index in [9.17, 15) is 24.3 Å². The lowest BCUT2D eigenvalue weighted by Crippen LogP contribution is -2.45. The van der Waals surface area contributed by atoms with Gasteiger partial charge in [-0.2, -0.15) is 0 Å². The number of aromatic nitrogens is 1. The first-order chi connectivity index (χ1) is 18.8. The summed E-state index contributed by atoms with van der Waals surface area (Å²) in [4.78, 5) is 47.0. The number of ketones is 1. The van der Waals surface area contributed by atoms with E-state index in [1.165, 1.54) is 0 Å². The second kappa shape index (κ2) is 11.0. The van der Waals surface area contributed by atoms with Crippen LogP contribution in [-0.2, 0) is 22.6 Å². The average molecular weight is 572 g/mol. The zero-order chi connectivity index (χ0) is 29.4. The number of aromatic hydroxyl groups is 1. The van der Waals surface area contributed by atoms with Crippen LogP contribution in [0.25, 0.3) is 0 Å². The van der Waals surface area contributed by atoms with Crippen LogP contribution in [0.3, 0.4) is 0 Å². The molecule has 0 amide bonds. The second-order valence-electron chi connectivity index (χ2n) is 9.95. The monoisotopic (exact) mass is 571 g/mol. The van der Waals surface area contributed by atoms with E-state index in [4.69, 9.17) is 24.4 Å². The number of carbonyl (C=O) groups excluding carboxylic acids is 1. The van der Waals surface area contributed by atoms with E-state index in [0.29, 0.717) is 44.4 Å². The van der Waals surface area contributed by atoms with Gasteiger partial charge in [-0.25, -0.2) is 4.79 Å². The van der Waals surface area contributed by atoms with Crippen LogP contribution in [0.2, 0.25) is 0 Å². The number of rotatable bonds is 10. The quantitative estimate of drug-likeness (QED) is 0.328. The van der Waals surface area contributed by atoms with Crippen LogP contribution in [0.4, 0.5) is 0 Å². The van der Waals surface area contributed by atoms with Crippen LogP contribution < -0.4 is 19.1 Å². The molecule has 1 aliphatic heterocycles. The molecule has 212 valence electrons. The van der Waals surface area contributed by atoms with E-state index in [1.54, 1.807) is 52.0 Å². The third-order valence-electron chi connectivity index (χ3n) is 6.75. The van der Waals surface area contributed by atoms with Gasteiger partial charge in [0.2, 0.25) is 5.88 Å². The minimum absolute atomic E-state index is 0.0469. The van der Waals surface area contributed by atoms with Crippen molar-refractivity contribution in [2.45, 2.75) is 52.7 Å². The maximum Gasteiger partial charge on any atom is 0.341 e. The maximum atomic E-state index is 13.2. The van der Waals surface area contributed by atoms with Crippen LogP contribution in [0, 0.1) is 20.8 Å². The van der Waals surface area contributed by atoms with E-state index in [-0.39, 0.29) is 31.1 Å². The minimum Gasteiger partial charge on any atom is -0.494 e. The molecule has 2 heterocycles. The minimum atomic E-state index is -1.22. The van der Waals surface area contributed by atoms with E-state index in [0.717, 1.165) is 21.5 Å². The fourth-order valence-corrected chi connectivity index (χ4v) is 5.57. The molecule has 0 saturated carbocycles. The van der Waals surface area contributed by atoms with Crippen molar-refractivity contribution in [3.63, 3.8) is 0 Å². The lowest BCUT2D eigenvalue weighted by Gasteiger charge is -2.37. The molecule has 11 nitrogen and oxygen atoms in total. The molecule has 3 N–H and O–H groups in total. The fourth-order valence-electron chi connectivity index (χ4n) is 4.66. The number of Topliss-reactive ketones (excluding diaryl/α,β-unsaturated/α-hetero) is 1. The summed E-state index contributed by atoms with van der Waals surface area (Å²) in [5, 5.41) is 28.2. The predicted molar refractivity (Wildman–Crippen MR) is 144 cm³/mol. The van der Waals surface area contributed by atoms with Gasteiger partial charge in [-0.3, -0.25) is 19.0 Å². The van der Waals surface area contributed by atoms with Crippen molar-refractivity contribution >= 4 is 29.1 Å². The Morgan fingerprint density at radius 1 is 1.02 bits per heavy atom. The van der Waals surface area contributed by atoms with E-state index in [2.05, 4.69) is 0 Å². The molecule has 0 bridgehead atoms. The molecule has 0 aliphatic carbocycles. The highest BCUT2D eigenvalue weighted by Gasteiger charge is 2.40. The molecule has 2 aromatic carbocycles. The molecule has 4 rings (SSSR count). The predicted octanol–water partition coefficient (Wildman–Crippen LogP) is 3.48. The van der Waals surface area contributed by atoms with Gasteiger partial charge in [-0.05, 0) is 56.5 Å². The summed E-state index contributed by atoms with van der Waals surface area (Å²) in [6, 6.07) is 6.97. The van der Waals surface area contributed by atoms with Crippen LogP contribution in [-0.4, -0.2) is 56.4 Å². The lowest BCUT2D eigenvalue weighted by molar-refractivity contribution is -0.139. The van der Waals surface area contributed by atoms with Gasteiger partial charge in [0.15, 0.2) is 12.4 Å². The standard InChI is InChI=1S/C28H29NO10S/c1-14-15(2)25-23(16(3)24(14)37-12-22(33)34)19(30)10-28(4,39-25)13-38-18-7-5-17(6-8-18)9-20-26(35)29(11-21(31)32)27(36)40-20/h5-8,35H,9-13H2,1-4H3,(H,31,32)(H,33,34). The molecule has 0 radical (unpaired) electrons. The third kappa shape index (κ3) is 5.81. The lowest BCUT2D eigenvalue weighted by atomic mass is 9.86. The third-order valence-corrected chi connectivity index (χ3v) is 7.72. The van der Waals surface area contributed by atoms with Gasteiger partial charge >= 0.3 is 16.8 Å². The van der Waals surface area contributed by atoms with Gasteiger partial charge in [-0.1, -0.05) is 23.5 Å². The molecule has 0 saturated heterocycles. The topological polar surface area (TPSA) is 162 Å². The van der Waals surface area contributed by atoms with E-state index >= 15 is 0 Å². The Bertz CT molecular complexity index is 1550. The maximum absolute atomic E-state index is 13.2. The van der Waals surface area contributed by atoms with Crippen LogP contribution in [0.1, 0.15) is 50.8 Å². The Hall–Kier alpha value is -4.32. The summed E-state index contributed by atoms with van der Waals surface area (Å²) in [5.74, 6) is -1.52. The van der Waals surface area contributed by atoms with E-state index < -0.39 is 35.6 Å². The van der Waals surface area contributed by atoms with Crippen molar-refractivity contribution in [2.75, 3.05) is 13.2 Å². The first-order valence-corrected chi connectivity index (χ1v) is 13.2. The summed E-state index contributed by atoms with van der Waals surface area (Å²) in [5.41, 5.74) is 2.12. The van der Waals surface area contributed by atoms with Crippen LogP contribution in [0.15, 0.2) is 29.1 Å². The summed E-state index contributed by atoms with van der Waals surface area (Å²) >= 11 is 0.793. The molecule has 1 unspecified atom stereocenters. The highest BCUT2D eigenvalue weighted by molar-refractivity contribution is 7.09. The SMILES string of the molecule is Cc1c(C)c2c(c(C)c1OCC(=O)O)C(=O)CC(C)(COc1ccc(Cc3sc(=O)n(CC(=O)O)c3O)cc1)O2. The largest absolute Gasteiger partial charge is 0.494 e. The van der Waals surface area contributed by atoms with Gasteiger partial charge in [0, 0.05) is 12.0 Å². The number of carboxylic acids is 2. The van der Waals surface area contributed by atoms with Gasteiger partial charge in [-0.15, -0.1) is 0 Å².